The molecule has 1 atom stereocenters. The van der Waals surface area contributed by atoms with Crippen LogP contribution in [0.2, 0.25) is 0 Å². The van der Waals surface area contributed by atoms with Crippen LogP contribution in [0.4, 0.5) is 0 Å². The molecule has 1 aromatic carbocycles. The summed E-state index contributed by atoms with van der Waals surface area (Å²) in [5, 5.41) is 4.16. The average Bonchev–Trinajstić information content (AvgIpc) is 2.81. The van der Waals surface area contributed by atoms with Gasteiger partial charge in [-0.2, -0.15) is 5.10 Å². The highest BCUT2D eigenvalue weighted by Gasteiger charge is 2.12. The zero-order valence-corrected chi connectivity index (χ0v) is 12.7. The predicted octanol–water partition coefficient (Wildman–Crippen LogP) is 2.82. The van der Waals surface area contributed by atoms with Crippen molar-refractivity contribution in [3.05, 3.63) is 46.2 Å². The molecular weight excluding hydrogens is 306 g/mol. The summed E-state index contributed by atoms with van der Waals surface area (Å²) in [6, 6.07) is 5.90. The van der Waals surface area contributed by atoms with Crippen LogP contribution in [0, 0.1) is 0 Å². The first kappa shape index (κ1) is 14.1. The Morgan fingerprint density at radius 1 is 1.47 bits per heavy atom. The minimum atomic E-state index is -0.0387. The van der Waals surface area contributed by atoms with E-state index in [-0.39, 0.29) is 6.04 Å². The van der Waals surface area contributed by atoms with Gasteiger partial charge in [-0.05, 0) is 30.5 Å². The summed E-state index contributed by atoms with van der Waals surface area (Å²) in [6.45, 7) is 0. The van der Waals surface area contributed by atoms with Gasteiger partial charge in [-0.25, -0.2) is 0 Å². The SMILES string of the molecule is COc1cc(Br)ccc1C(N)CCc1cnn(C)c1. The van der Waals surface area contributed by atoms with Crippen LogP contribution in [-0.2, 0) is 13.5 Å². The number of ether oxygens (including phenoxy) is 1. The van der Waals surface area contributed by atoms with Gasteiger partial charge in [-0.1, -0.05) is 22.0 Å². The van der Waals surface area contributed by atoms with Crippen LogP contribution in [0.25, 0.3) is 0 Å². The third kappa shape index (κ3) is 3.58. The number of aromatic nitrogens is 2. The lowest BCUT2D eigenvalue weighted by Crippen LogP contribution is -2.12. The van der Waals surface area contributed by atoms with Gasteiger partial charge < -0.3 is 10.5 Å². The van der Waals surface area contributed by atoms with Gasteiger partial charge in [0.2, 0.25) is 0 Å². The summed E-state index contributed by atoms with van der Waals surface area (Å²) >= 11 is 3.43. The fourth-order valence-corrected chi connectivity index (χ4v) is 2.41. The van der Waals surface area contributed by atoms with Crippen molar-refractivity contribution in [1.29, 1.82) is 0 Å². The van der Waals surface area contributed by atoms with Gasteiger partial charge in [-0.3, -0.25) is 4.68 Å². The Balaban J connectivity index is 2.05. The highest BCUT2D eigenvalue weighted by atomic mass is 79.9. The molecule has 0 bridgehead atoms. The van der Waals surface area contributed by atoms with Crippen molar-refractivity contribution >= 4 is 15.9 Å². The maximum Gasteiger partial charge on any atom is 0.124 e. The summed E-state index contributed by atoms with van der Waals surface area (Å²) in [6.07, 6.45) is 5.68. The van der Waals surface area contributed by atoms with E-state index in [1.54, 1.807) is 11.8 Å². The zero-order chi connectivity index (χ0) is 13.8. The van der Waals surface area contributed by atoms with Gasteiger partial charge in [0.25, 0.3) is 0 Å². The van der Waals surface area contributed by atoms with E-state index in [0.29, 0.717) is 0 Å². The van der Waals surface area contributed by atoms with Crippen molar-refractivity contribution in [2.45, 2.75) is 18.9 Å². The van der Waals surface area contributed by atoms with Gasteiger partial charge in [0.15, 0.2) is 0 Å². The van der Waals surface area contributed by atoms with Gasteiger partial charge in [0.1, 0.15) is 5.75 Å². The maximum absolute atomic E-state index is 6.25. The van der Waals surface area contributed by atoms with Crippen LogP contribution in [0.5, 0.6) is 5.75 Å². The lowest BCUT2D eigenvalue weighted by molar-refractivity contribution is 0.404. The van der Waals surface area contributed by atoms with E-state index in [1.165, 1.54) is 5.56 Å². The minimum absolute atomic E-state index is 0.0387. The molecule has 0 saturated carbocycles. The van der Waals surface area contributed by atoms with Crippen molar-refractivity contribution in [2.75, 3.05) is 7.11 Å². The Hall–Kier alpha value is -1.33. The molecule has 1 aromatic heterocycles. The molecular formula is C14H18BrN3O. The van der Waals surface area contributed by atoms with Crippen LogP contribution in [0.15, 0.2) is 35.1 Å². The lowest BCUT2D eigenvalue weighted by atomic mass is 10.0. The zero-order valence-electron chi connectivity index (χ0n) is 11.1. The summed E-state index contributed by atoms with van der Waals surface area (Å²) in [5.41, 5.74) is 8.49. The lowest BCUT2D eigenvalue weighted by Gasteiger charge is -2.15. The molecule has 2 aromatic rings. The first-order valence-electron chi connectivity index (χ1n) is 6.16. The van der Waals surface area contributed by atoms with E-state index in [0.717, 1.165) is 28.6 Å². The van der Waals surface area contributed by atoms with Crippen LogP contribution < -0.4 is 10.5 Å². The summed E-state index contributed by atoms with van der Waals surface area (Å²) in [4.78, 5) is 0. The molecule has 0 aliphatic carbocycles. The predicted molar refractivity (Wildman–Crippen MR) is 79.2 cm³/mol. The van der Waals surface area contributed by atoms with E-state index in [1.807, 2.05) is 37.6 Å². The molecule has 0 radical (unpaired) electrons. The van der Waals surface area contributed by atoms with Crippen molar-refractivity contribution in [3.8, 4) is 5.75 Å². The second-order valence-corrected chi connectivity index (χ2v) is 5.47. The van der Waals surface area contributed by atoms with Crippen LogP contribution in [-0.4, -0.2) is 16.9 Å². The number of hydrogen-bond donors (Lipinski definition) is 1. The van der Waals surface area contributed by atoms with Crippen LogP contribution >= 0.6 is 15.9 Å². The Labute approximate surface area is 121 Å². The molecule has 5 heteroatoms. The molecule has 2 N–H and O–H groups in total. The maximum atomic E-state index is 6.25. The summed E-state index contributed by atoms with van der Waals surface area (Å²) in [5.74, 6) is 0.827. The normalized spacial score (nSPS) is 12.4. The van der Waals surface area contributed by atoms with Gasteiger partial charge in [0, 0.05) is 29.3 Å². The monoisotopic (exact) mass is 323 g/mol. The largest absolute Gasteiger partial charge is 0.496 e. The summed E-state index contributed by atoms with van der Waals surface area (Å²) in [7, 11) is 3.58. The van der Waals surface area contributed by atoms with E-state index in [2.05, 4.69) is 21.0 Å². The van der Waals surface area contributed by atoms with Crippen molar-refractivity contribution in [2.24, 2.45) is 12.8 Å². The van der Waals surface area contributed by atoms with Gasteiger partial charge in [0.05, 0.1) is 13.3 Å². The molecule has 4 nitrogen and oxygen atoms in total. The molecule has 1 heterocycles. The molecule has 19 heavy (non-hydrogen) atoms. The smallest absolute Gasteiger partial charge is 0.124 e. The molecule has 0 aliphatic heterocycles. The Bertz CT molecular complexity index is 553. The Morgan fingerprint density at radius 2 is 2.26 bits per heavy atom. The molecule has 0 saturated heterocycles. The Morgan fingerprint density at radius 3 is 2.89 bits per heavy atom. The third-order valence-electron chi connectivity index (χ3n) is 3.10. The van der Waals surface area contributed by atoms with Crippen LogP contribution in [0.1, 0.15) is 23.6 Å². The quantitative estimate of drug-likeness (QED) is 0.920. The number of nitrogens with zero attached hydrogens (tertiary/aromatic N) is 2. The first-order chi connectivity index (χ1) is 9.10. The number of halogens is 1. The fourth-order valence-electron chi connectivity index (χ4n) is 2.07. The number of aryl methyl sites for hydroxylation is 2. The number of nitrogens with two attached hydrogens (primary N) is 1. The number of rotatable bonds is 5. The first-order valence-corrected chi connectivity index (χ1v) is 6.96. The van der Waals surface area contributed by atoms with Crippen molar-refractivity contribution < 1.29 is 4.74 Å². The summed E-state index contributed by atoms with van der Waals surface area (Å²) < 4.78 is 8.18. The molecule has 102 valence electrons. The number of methoxy groups -OCH3 is 1. The van der Waals surface area contributed by atoms with E-state index in [4.69, 9.17) is 10.5 Å². The molecule has 0 spiro atoms. The standard InChI is InChI=1S/C14H18BrN3O/c1-18-9-10(8-17-18)3-6-13(16)12-5-4-11(15)7-14(12)19-2/h4-5,7-9,13H,3,6,16H2,1-2H3. The van der Waals surface area contributed by atoms with Crippen molar-refractivity contribution in [3.63, 3.8) is 0 Å². The van der Waals surface area contributed by atoms with E-state index >= 15 is 0 Å². The molecule has 2 rings (SSSR count). The third-order valence-corrected chi connectivity index (χ3v) is 3.59. The second kappa shape index (κ2) is 6.21. The molecule has 0 aliphatic rings. The fraction of sp³-hybridized carbons (Fsp3) is 0.357. The van der Waals surface area contributed by atoms with E-state index in [9.17, 15) is 0 Å². The number of hydrogen-bond acceptors (Lipinski definition) is 3. The minimum Gasteiger partial charge on any atom is -0.496 e. The van der Waals surface area contributed by atoms with Crippen LogP contribution in [0.3, 0.4) is 0 Å². The highest BCUT2D eigenvalue weighted by molar-refractivity contribution is 9.10. The molecule has 0 amide bonds. The molecule has 0 fully saturated rings. The average molecular weight is 324 g/mol. The van der Waals surface area contributed by atoms with E-state index < -0.39 is 0 Å². The number of benzene rings is 1. The highest BCUT2D eigenvalue weighted by Crippen LogP contribution is 2.29. The van der Waals surface area contributed by atoms with Gasteiger partial charge in [-0.15, -0.1) is 0 Å². The van der Waals surface area contributed by atoms with Crippen molar-refractivity contribution in [1.82, 2.24) is 9.78 Å². The Kier molecular flexibility index (Phi) is 4.61. The van der Waals surface area contributed by atoms with Gasteiger partial charge >= 0.3 is 0 Å². The topological polar surface area (TPSA) is 53.1 Å². The second-order valence-electron chi connectivity index (χ2n) is 4.55. The molecule has 1 unspecified atom stereocenters.